The van der Waals surface area contributed by atoms with Gasteiger partial charge in [-0.3, -0.25) is 4.99 Å². The Bertz CT molecular complexity index is 482. The Hall–Kier alpha value is -0.820. The van der Waals surface area contributed by atoms with E-state index in [4.69, 9.17) is 15.5 Å². The van der Waals surface area contributed by atoms with Crippen molar-refractivity contribution < 1.29 is 4.74 Å². The van der Waals surface area contributed by atoms with Gasteiger partial charge in [-0.15, -0.1) is 24.0 Å². The Morgan fingerprint density at radius 3 is 2.45 bits per heavy atom. The Kier molecular flexibility index (Phi) is 6.50. The van der Waals surface area contributed by atoms with Gasteiger partial charge < -0.3 is 15.4 Å². The van der Waals surface area contributed by atoms with E-state index >= 15 is 0 Å². The number of rotatable bonds is 4. The van der Waals surface area contributed by atoms with Crippen LogP contribution in [-0.2, 0) is 11.2 Å². The predicted octanol–water partition coefficient (Wildman–Crippen LogP) is 2.66. The van der Waals surface area contributed by atoms with Gasteiger partial charge in [0.25, 0.3) is 0 Å². The fourth-order valence-corrected chi connectivity index (χ4v) is 3.24. The maximum atomic E-state index is 6.15. The summed E-state index contributed by atoms with van der Waals surface area (Å²) in [5, 5.41) is 0. The van der Waals surface area contributed by atoms with Crippen molar-refractivity contribution in [3.8, 4) is 0 Å². The molecule has 0 atom stereocenters. The number of aliphatic imine (C=N–C) groups is 1. The lowest BCUT2D eigenvalue weighted by atomic mass is 9.65. The molecule has 1 aromatic carbocycles. The van der Waals surface area contributed by atoms with Gasteiger partial charge in [-0.2, -0.15) is 0 Å². The molecule has 1 saturated heterocycles. The van der Waals surface area contributed by atoms with Gasteiger partial charge >= 0.3 is 0 Å². The Morgan fingerprint density at radius 2 is 1.86 bits per heavy atom. The topological polar surface area (TPSA) is 50.8 Å². The van der Waals surface area contributed by atoms with Gasteiger partial charge in [-0.25, -0.2) is 0 Å². The van der Waals surface area contributed by atoms with Crippen LogP contribution in [0.2, 0.25) is 0 Å². The quantitative estimate of drug-likeness (QED) is 0.468. The number of morpholine rings is 1. The number of hydrogen-bond acceptors (Lipinski definition) is 2. The molecule has 1 aliphatic heterocycles. The second-order valence-electron chi connectivity index (χ2n) is 6.29. The second kappa shape index (κ2) is 8.15. The Labute approximate surface area is 150 Å². The van der Waals surface area contributed by atoms with Crippen molar-refractivity contribution >= 4 is 29.9 Å². The zero-order chi connectivity index (χ0) is 14.5. The molecule has 122 valence electrons. The van der Waals surface area contributed by atoms with Crippen LogP contribution in [0.3, 0.4) is 0 Å². The maximum absolute atomic E-state index is 6.15. The maximum Gasteiger partial charge on any atom is 0.191 e. The van der Waals surface area contributed by atoms with Crippen molar-refractivity contribution in [1.82, 2.24) is 4.90 Å². The van der Waals surface area contributed by atoms with Gasteiger partial charge in [0.1, 0.15) is 0 Å². The van der Waals surface area contributed by atoms with Crippen LogP contribution in [0.1, 0.15) is 24.8 Å². The van der Waals surface area contributed by atoms with E-state index in [1.54, 1.807) is 0 Å². The molecule has 2 aliphatic rings. The first kappa shape index (κ1) is 17.5. The van der Waals surface area contributed by atoms with E-state index in [1.807, 2.05) is 0 Å². The molecule has 1 saturated carbocycles. The molecule has 5 heteroatoms. The van der Waals surface area contributed by atoms with Gasteiger partial charge in [-0.1, -0.05) is 36.8 Å². The molecule has 3 rings (SSSR count). The summed E-state index contributed by atoms with van der Waals surface area (Å²) in [6, 6.07) is 10.7. The van der Waals surface area contributed by atoms with Crippen LogP contribution < -0.4 is 5.73 Å². The van der Waals surface area contributed by atoms with Gasteiger partial charge in [-0.05, 0) is 30.2 Å². The van der Waals surface area contributed by atoms with Gasteiger partial charge in [0.05, 0.1) is 13.2 Å². The smallest absolute Gasteiger partial charge is 0.191 e. The molecule has 2 fully saturated rings. The summed E-state index contributed by atoms with van der Waals surface area (Å²) in [4.78, 5) is 6.84. The highest BCUT2D eigenvalue weighted by molar-refractivity contribution is 14.0. The van der Waals surface area contributed by atoms with Crippen LogP contribution in [0.4, 0.5) is 0 Å². The largest absolute Gasteiger partial charge is 0.378 e. The van der Waals surface area contributed by atoms with Crippen molar-refractivity contribution in [2.24, 2.45) is 16.1 Å². The molecule has 0 amide bonds. The number of hydrogen-bond donors (Lipinski definition) is 1. The number of halogens is 1. The first-order valence-electron chi connectivity index (χ1n) is 7.94. The number of nitrogens with two attached hydrogens (primary N) is 1. The van der Waals surface area contributed by atoms with Crippen LogP contribution >= 0.6 is 24.0 Å². The van der Waals surface area contributed by atoms with E-state index < -0.39 is 0 Å². The fraction of sp³-hybridized carbons (Fsp3) is 0.588. The first-order chi connectivity index (χ1) is 10.3. The molecule has 0 radical (unpaired) electrons. The van der Waals surface area contributed by atoms with Crippen molar-refractivity contribution in [1.29, 1.82) is 0 Å². The average Bonchev–Trinajstić information content (AvgIpc) is 2.51. The lowest BCUT2D eigenvalue weighted by Crippen LogP contribution is -2.45. The molecule has 1 aliphatic carbocycles. The van der Waals surface area contributed by atoms with Gasteiger partial charge in [0.2, 0.25) is 0 Å². The fourth-order valence-electron chi connectivity index (χ4n) is 3.24. The van der Waals surface area contributed by atoms with Crippen molar-refractivity contribution in [2.75, 3.05) is 32.8 Å². The van der Waals surface area contributed by atoms with E-state index in [1.165, 1.54) is 24.8 Å². The van der Waals surface area contributed by atoms with Crippen LogP contribution in [0.5, 0.6) is 0 Å². The van der Waals surface area contributed by atoms with Crippen LogP contribution in [0.15, 0.2) is 35.3 Å². The lowest BCUT2D eigenvalue weighted by Gasteiger charge is -2.41. The van der Waals surface area contributed by atoms with E-state index in [0.29, 0.717) is 11.4 Å². The molecule has 1 aromatic rings. The zero-order valence-corrected chi connectivity index (χ0v) is 15.4. The Morgan fingerprint density at radius 1 is 1.18 bits per heavy atom. The summed E-state index contributed by atoms with van der Waals surface area (Å²) in [6.45, 7) is 4.09. The van der Waals surface area contributed by atoms with E-state index in [9.17, 15) is 0 Å². The summed E-state index contributed by atoms with van der Waals surface area (Å²) in [5.74, 6) is 0.692. The molecule has 22 heavy (non-hydrogen) atoms. The minimum absolute atomic E-state index is 0. The molecule has 0 spiro atoms. The zero-order valence-electron chi connectivity index (χ0n) is 13.0. The number of benzene rings is 1. The molecule has 4 nitrogen and oxygen atoms in total. The number of ether oxygens (including phenoxy) is 1. The first-order valence-corrected chi connectivity index (χ1v) is 7.94. The monoisotopic (exact) mass is 415 g/mol. The van der Waals surface area contributed by atoms with E-state index in [0.717, 1.165) is 39.3 Å². The van der Waals surface area contributed by atoms with Crippen LogP contribution in [-0.4, -0.2) is 43.7 Å². The normalized spacial score (nSPS) is 20.9. The third-order valence-corrected chi connectivity index (χ3v) is 4.75. The highest BCUT2D eigenvalue weighted by Gasteiger charge is 2.36. The third-order valence-electron chi connectivity index (χ3n) is 4.75. The summed E-state index contributed by atoms with van der Waals surface area (Å²) < 4.78 is 5.35. The number of nitrogens with zero attached hydrogens (tertiary/aromatic N) is 2. The van der Waals surface area contributed by atoms with E-state index in [2.05, 4.69) is 35.2 Å². The summed E-state index contributed by atoms with van der Waals surface area (Å²) in [7, 11) is 0. The molecule has 1 heterocycles. The molecule has 0 bridgehead atoms. The van der Waals surface area contributed by atoms with Gasteiger partial charge in [0.15, 0.2) is 5.96 Å². The lowest BCUT2D eigenvalue weighted by molar-refractivity contribution is 0.0670. The summed E-state index contributed by atoms with van der Waals surface area (Å²) >= 11 is 0. The average molecular weight is 415 g/mol. The predicted molar refractivity (Wildman–Crippen MR) is 101 cm³/mol. The standard InChI is InChI=1S/C17H25N3O.HI/c18-16(20-9-11-21-12-10-20)19-14-17(7-4-8-17)13-15-5-2-1-3-6-15;/h1-3,5-6H,4,7-14H2,(H2,18,19);1H. The van der Waals surface area contributed by atoms with Crippen molar-refractivity contribution in [3.05, 3.63) is 35.9 Å². The van der Waals surface area contributed by atoms with Gasteiger partial charge in [0, 0.05) is 19.6 Å². The minimum atomic E-state index is 0. The molecule has 0 unspecified atom stereocenters. The highest BCUT2D eigenvalue weighted by atomic mass is 127. The summed E-state index contributed by atoms with van der Waals surface area (Å²) in [5.41, 5.74) is 7.89. The van der Waals surface area contributed by atoms with Crippen LogP contribution in [0.25, 0.3) is 0 Å². The Balaban J connectivity index is 0.00000176. The van der Waals surface area contributed by atoms with Crippen molar-refractivity contribution in [2.45, 2.75) is 25.7 Å². The third kappa shape index (κ3) is 4.35. The second-order valence-corrected chi connectivity index (χ2v) is 6.29. The minimum Gasteiger partial charge on any atom is -0.378 e. The highest BCUT2D eigenvalue weighted by Crippen LogP contribution is 2.44. The molecular weight excluding hydrogens is 389 g/mol. The molecule has 0 aromatic heterocycles. The van der Waals surface area contributed by atoms with Crippen molar-refractivity contribution in [3.63, 3.8) is 0 Å². The van der Waals surface area contributed by atoms with E-state index in [-0.39, 0.29) is 24.0 Å². The summed E-state index contributed by atoms with van der Waals surface area (Å²) in [6.07, 6.45) is 4.97. The number of guanidine groups is 1. The molecular formula is C17H26IN3O. The SMILES string of the molecule is I.NC(=NCC1(Cc2ccccc2)CCC1)N1CCOCC1. The molecule has 2 N–H and O–H groups in total. The van der Waals surface area contributed by atoms with Crippen LogP contribution in [0, 0.1) is 5.41 Å².